The summed E-state index contributed by atoms with van der Waals surface area (Å²) in [6.45, 7) is 2.07. The van der Waals surface area contributed by atoms with Gasteiger partial charge < -0.3 is 10.1 Å². The van der Waals surface area contributed by atoms with Gasteiger partial charge in [-0.05, 0) is 68.6 Å². The van der Waals surface area contributed by atoms with Gasteiger partial charge in [-0.3, -0.25) is 10.1 Å². The fraction of sp³-hybridized carbons (Fsp3) is 0.350. The van der Waals surface area contributed by atoms with E-state index in [2.05, 4.69) is 10.6 Å². The Morgan fingerprint density at radius 1 is 1.21 bits per heavy atom. The minimum Gasteiger partial charge on any atom is -0.462 e. The number of hydrogen-bond donors (Lipinski definition) is 2. The standard InChI is InChI=1S/C20H20Cl2N2O3S2/c1-2-27-19(26)16-13-6-4-3-5-7-15(13)29-18(16)24-20(28)23-17(25)12-9-8-11(21)10-14(12)22/h8-10H,2-7H2,1H3,(H2,23,24,25,28). The maximum Gasteiger partial charge on any atom is 0.341 e. The number of thiophene rings is 1. The molecule has 9 heteroatoms. The van der Waals surface area contributed by atoms with E-state index in [-0.39, 0.29) is 21.7 Å². The van der Waals surface area contributed by atoms with Crippen molar-refractivity contribution in [2.75, 3.05) is 11.9 Å². The first-order valence-electron chi connectivity index (χ1n) is 9.29. The van der Waals surface area contributed by atoms with Gasteiger partial charge in [0.1, 0.15) is 5.00 Å². The van der Waals surface area contributed by atoms with E-state index in [0.717, 1.165) is 37.7 Å². The second-order valence-electron chi connectivity index (χ2n) is 6.52. The van der Waals surface area contributed by atoms with Gasteiger partial charge in [-0.1, -0.05) is 29.6 Å². The van der Waals surface area contributed by atoms with Gasteiger partial charge in [-0.25, -0.2) is 4.79 Å². The third kappa shape index (κ3) is 5.28. The third-order valence-corrected chi connectivity index (χ3v) is 6.49. The lowest BCUT2D eigenvalue weighted by molar-refractivity contribution is 0.0526. The first-order valence-corrected chi connectivity index (χ1v) is 11.3. The Morgan fingerprint density at radius 3 is 2.69 bits per heavy atom. The summed E-state index contributed by atoms with van der Waals surface area (Å²) < 4.78 is 5.26. The van der Waals surface area contributed by atoms with E-state index in [4.69, 9.17) is 40.2 Å². The number of fused-ring (bicyclic) bond motifs is 1. The van der Waals surface area contributed by atoms with Gasteiger partial charge in [0.05, 0.1) is 22.8 Å². The number of esters is 1. The zero-order valence-corrected chi connectivity index (χ0v) is 18.9. The van der Waals surface area contributed by atoms with Crippen LogP contribution in [0.4, 0.5) is 5.00 Å². The van der Waals surface area contributed by atoms with Crippen LogP contribution in [-0.4, -0.2) is 23.6 Å². The van der Waals surface area contributed by atoms with E-state index >= 15 is 0 Å². The van der Waals surface area contributed by atoms with Crippen LogP contribution in [0.2, 0.25) is 10.0 Å². The van der Waals surface area contributed by atoms with E-state index in [1.165, 1.54) is 28.3 Å². The van der Waals surface area contributed by atoms with Crippen molar-refractivity contribution in [1.29, 1.82) is 0 Å². The molecule has 1 aliphatic rings. The number of halogens is 2. The third-order valence-electron chi connectivity index (χ3n) is 4.53. The summed E-state index contributed by atoms with van der Waals surface area (Å²) in [7, 11) is 0. The van der Waals surface area contributed by atoms with Crippen LogP contribution in [0, 0.1) is 0 Å². The largest absolute Gasteiger partial charge is 0.462 e. The van der Waals surface area contributed by atoms with Gasteiger partial charge in [0.25, 0.3) is 5.91 Å². The van der Waals surface area contributed by atoms with Crippen molar-refractivity contribution in [2.24, 2.45) is 0 Å². The molecular formula is C20H20Cl2N2O3S2. The summed E-state index contributed by atoms with van der Waals surface area (Å²) in [5, 5.41) is 6.96. The van der Waals surface area contributed by atoms with Crippen LogP contribution in [0.3, 0.4) is 0 Å². The molecule has 29 heavy (non-hydrogen) atoms. The Hall–Kier alpha value is -1.67. The topological polar surface area (TPSA) is 67.4 Å². The van der Waals surface area contributed by atoms with Crippen LogP contribution >= 0.6 is 46.8 Å². The molecule has 5 nitrogen and oxygen atoms in total. The molecular weight excluding hydrogens is 451 g/mol. The number of amides is 1. The first-order chi connectivity index (χ1) is 13.9. The van der Waals surface area contributed by atoms with Crippen LogP contribution in [0.5, 0.6) is 0 Å². The molecule has 2 aromatic rings. The monoisotopic (exact) mass is 470 g/mol. The molecule has 1 aromatic heterocycles. The number of carbonyl (C=O) groups excluding carboxylic acids is 2. The smallest absolute Gasteiger partial charge is 0.341 e. The van der Waals surface area contributed by atoms with E-state index in [0.29, 0.717) is 22.2 Å². The number of aryl methyl sites for hydroxylation is 1. The lowest BCUT2D eigenvalue weighted by atomic mass is 10.1. The molecule has 2 N–H and O–H groups in total. The minimum absolute atomic E-state index is 0.0861. The fourth-order valence-corrected chi connectivity index (χ4v) is 5.26. The highest BCUT2D eigenvalue weighted by molar-refractivity contribution is 7.80. The summed E-state index contributed by atoms with van der Waals surface area (Å²) in [4.78, 5) is 26.3. The lowest BCUT2D eigenvalue weighted by Crippen LogP contribution is -2.34. The number of ether oxygens (including phenoxy) is 1. The van der Waals surface area contributed by atoms with Crippen LogP contribution < -0.4 is 10.6 Å². The Balaban J connectivity index is 1.80. The van der Waals surface area contributed by atoms with Gasteiger partial charge in [-0.15, -0.1) is 11.3 Å². The Kier molecular flexibility index (Phi) is 7.51. The highest BCUT2D eigenvalue weighted by atomic mass is 35.5. The summed E-state index contributed by atoms with van der Waals surface area (Å²) >= 11 is 18.8. The normalized spacial score (nSPS) is 13.2. The molecule has 1 heterocycles. The molecule has 1 amide bonds. The molecule has 0 spiro atoms. The maximum atomic E-state index is 12.6. The van der Waals surface area contributed by atoms with E-state index < -0.39 is 5.91 Å². The first kappa shape index (κ1) is 22.0. The zero-order chi connectivity index (χ0) is 21.0. The summed E-state index contributed by atoms with van der Waals surface area (Å²) in [6, 6.07) is 4.59. The second-order valence-corrected chi connectivity index (χ2v) is 8.88. The van der Waals surface area contributed by atoms with Gasteiger partial charge in [0.15, 0.2) is 5.11 Å². The van der Waals surface area contributed by atoms with Crippen molar-refractivity contribution in [3.63, 3.8) is 0 Å². The van der Waals surface area contributed by atoms with Crippen molar-refractivity contribution >= 4 is 68.7 Å². The lowest BCUT2D eigenvalue weighted by Gasteiger charge is -2.11. The highest BCUT2D eigenvalue weighted by Crippen LogP contribution is 2.38. The van der Waals surface area contributed by atoms with Crippen LogP contribution in [-0.2, 0) is 17.6 Å². The fourth-order valence-electron chi connectivity index (χ4n) is 3.23. The van der Waals surface area contributed by atoms with Crippen molar-refractivity contribution in [1.82, 2.24) is 5.32 Å². The van der Waals surface area contributed by atoms with Crippen molar-refractivity contribution in [2.45, 2.75) is 39.0 Å². The number of benzene rings is 1. The SMILES string of the molecule is CCOC(=O)c1c(NC(=S)NC(=O)c2ccc(Cl)cc2Cl)sc2c1CCCCC2. The van der Waals surface area contributed by atoms with Gasteiger partial charge >= 0.3 is 5.97 Å². The average Bonchev–Trinajstić information content (AvgIpc) is 2.82. The molecule has 0 unspecified atom stereocenters. The molecule has 0 fully saturated rings. The Morgan fingerprint density at radius 2 is 1.97 bits per heavy atom. The quantitative estimate of drug-likeness (QED) is 0.344. The van der Waals surface area contributed by atoms with Crippen molar-refractivity contribution < 1.29 is 14.3 Å². The van der Waals surface area contributed by atoms with Crippen LogP contribution in [0.1, 0.15) is 57.3 Å². The van der Waals surface area contributed by atoms with Gasteiger partial charge in [0.2, 0.25) is 0 Å². The molecule has 0 bridgehead atoms. The molecule has 3 rings (SSSR count). The summed E-state index contributed by atoms with van der Waals surface area (Å²) in [6.07, 6.45) is 5.02. The number of hydrogen-bond acceptors (Lipinski definition) is 5. The van der Waals surface area contributed by atoms with Gasteiger partial charge in [0, 0.05) is 9.90 Å². The molecule has 0 saturated heterocycles. The van der Waals surface area contributed by atoms with Crippen LogP contribution in [0.15, 0.2) is 18.2 Å². The molecule has 154 valence electrons. The maximum absolute atomic E-state index is 12.6. The van der Waals surface area contributed by atoms with Crippen LogP contribution in [0.25, 0.3) is 0 Å². The molecule has 0 aliphatic heterocycles. The Labute approximate surface area is 188 Å². The molecule has 1 aromatic carbocycles. The summed E-state index contributed by atoms with van der Waals surface area (Å²) in [5.74, 6) is -0.829. The minimum atomic E-state index is -0.458. The number of carbonyl (C=O) groups is 2. The molecule has 0 radical (unpaired) electrons. The second kappa shape index (κ2) is 9.89. The van der Waals surface area contributed by atoms with E-state index in [1.54, 1.807) is 13.0 Å². The predicted molar refractivity (Wildman–Crippen MR) is 122 cm³/mol. The molecule has 0 atom stereocenters. The van der Waals surface area contributed by atoms with Crippen molar-refractivity contribution in [3.05, 3.63) is 49.8 Å². The number of nitrogens with one attached hydrogen (secondary N) is 2. The average molecular weight is 471 g/mol. The Bertz CT molecular complexity index is 959. The highest BCUT2D eigenvalue weighted by Gasteiger charge is 2.26. The van der Waals surface area contributed by atoms with Gasteiger partial charge in [-0.2, -0.15) is 0 Å². The van der Waals surface area contributed by atoms with E-state index in [9.17, 15) is 9.59 Å². The van der Waals surface area contributed by atoms with Crippen molar-refractivity contribution in [3.8, 4) is 0 Å². The number of rotatable bonds is 4. The molecule has 1 aliphatic carbocycles. The van der Waals surface area contributed by atoms with E-state index in [1.807, 2.05) is 0 Å². The summed E-state index contributed by atoms with van der Waals surface area (Å²) in [5.41, 5.74) is 1.81. The zero-order valence-electron chi connectivity index (χ0n) is 15.8. The molecule has 0 saturated carbocycles. The predicted octanol–water partition coefficient (Wildman–Crippen LogP) is 5.63. The number of anilines is 1. The number of thiocarbonyl (C=S) groups is 1.